The molecule has 1 aromatic heterocycles. The van der Waals surface area contributed by atoms with Crippen LogP contribution in [0, 0.1) is 5.92 Å². The number of carbonyl (C=O) groups excluding carboxylic acids is 1. The lowest BCUT2D eigenvalue weighted by atomic mass is 10.2. The molecule has 2 aromatic carbocycles. The van der Waals surface area contributed by atoms with Gasteiger partial charge in [-0.1, -0.05) is 79.4 Å². The van der Waals surface area contributed by atoms with E-state index >= 15 is 0 Å². The molecule has 4 rings (SSSR count). The number of hydrogen-bond acceptors (Lipinski definition) is 8. The Bertz CT molecular complexity index is 1220. The highest BCUT2D eigenvalue weighted by molar-refractivity contribution is 8.01. The van der Waals surface area contributed by atoms with Gasteiger partial charge in [-0.05, 0) is 23.6 Å². The van der Waals surface area contributed by atoms with Crippen LogP contribution >= 0.6 is 23.1 Å². The summed E-state index contributed by atoms with van der Waals surface area (Å²) in [6.45, 7) is 4.10. The highest BCUT2D eigenvalue weighted by Crippen LogP contribution is 2.36. The number of sulfonamides is 1. The molecule has 11 heteroatoms. The molecule has 1 aliphatic rings. The summed E-state index contributed by atoms with van der Waals surface area (Å²) in [6, 6.07) is 15.8. The summed E-state index contributed by atoms with van der Waals surface area (Å²) < 4.78 is 34.5. The van der Waals surface area contributed by atoms with Crippen LogP contribution in [0.15, 0.2) is 58.9 Å². The fraction of sp³-hybridized carbons (Fsp3) is 0.318. The smallest absolute Gasteiger partial charge is 0.269 e. The number of ether oxygens (including phenoxy) is 1. The molecule has 1 N–H and O–H groups in total. The maximum atomic E-state index is 13.3. The first-order valence-electron chi connectivity index (χ1n) is 10.4. The molecule has 1 amide bonds. The van der Waals surface area contributed by atoms with E-state index in [4.69, 9.17) is 4.74 Å². The van der Waals surface area contributed by atoms with E-state index in [1.54, 1.807) is 60.3 Å². The summed E-state index contributed by atoms with van der Waals surface area (Å²) in [4.78, 5) is 13.0. The Balaban J connectivity index is 1.52. The topological polar surface area (TPSA) is 101 Å². The van der Waals surface area contributed by atoms with E-state index in [1.165, 1.54) is 15.6 Å². The van der Waals surface area contributed by atoms with Gasteiger partial charge in [-0.3, -0.25) is 14.4 Å². The second kappa shape index (κ2) is 10.1. The van der Waals surface area contributed by atoms with Crippen molar-refractivity contribution in [3.05, 3.63) is 60.2 Å². The zero-order valence-corrected chi connectivity index (χ0v) is 20.6. The van der Waals surface area contributed by atoms with E-state index in [0.29, 0.717) is 28.0 Å². The molecular weight excluding hydrogens is 480 g/mol. The number of thioether (sulfide) groups is 1. The molecule has 3 aromatic rings. The highest BCUT2D eigenvalue weighted by atomic mass is 32.2. The largest absolute Gasteiger partial charge is 0.476 e. The van der Waals surface area contributed by atoms with Gasteiger partial charge < -0.3 is 4.74 Å². The molecule has 33 heavy (non-hydrogen) atoms. The van der Waals surface area contributed by atoms with Crippen molar-refractivity contribution in [1.82, 2.24) is 10.2 Å². The fourth-order valence-electron chi connectivity index (χ4n) is 3.21. The molecule has 0 aliphatic carbocycles. The number of para-hydroxylation sites is 2. The molecule has 174 valence electrons. The minimum atomic E-state index is -3.76. The number of anilines is 2. The molecular formula is C22H24N4O4S3. The number of amides is 1. The number of hydrogen-bond donors (Lipinski definition) is 1. The zero-order valence-electron chi connectivity index (χ0n) is 18.2. The zero-order chi connectivity index (χ0) is 23.4. The Labute approximate surface area is 201 Å². The molecule has 0 saturated carbocycles. The minimum absolute atomic E-state index is 0.133. The van der Waals surface area contributed by atoms with Crippen LogP contribution in [0.3, 0.4) is 0 Å². The van der Waals surface area contributed by atoms with Gasteiger partial charge in [0.1, 0.15) is 5.75 Å². The Morgan fingerprint density at radius 2 is 1.91 bits per heavy atom. The molecule has 0 fully saturated rings. The first-order chi connectivity index (χ1) is 15.8. The predicted octanol–water partition coefficient (Wildman–Crippen LogP) is 4.02. The summed E-state index contributed by atoms with van der Waals surface area (Å²) in [7, 11) is -3.76. The Morgan fingerprint density at radius 1 is 1.18 bits per heavy atom. The van der Waals surface area contributed by atoms with Gasteiger partial charge in [0, 0.05) is 5.75 Å². The van der Waals surface area contributed by atoms with Crippen LogP contribution in [0.1, 0.15) is 19.4 Å². The molecule has 2 heterocycles. The van der Waals surface area contributed by atoms with Crippen molar-refractivity contribution in [1.29, 1.82) is 0 Å². The lowest BCUT2D eigenvalue weighted by molar-refractivity contribution is -0.122. The monoisotopic (exact) mass is 504 g/mol. The second-order valence-electron chi connectivity index (χ2n) is 7.91. The summed E-state index contributed by atoms with van der Waals surface area (Å²) in [6.07, 6.45) is -1.03. The molecule has 0 radical (unpaired) electrons. The van der Waals surface area contributed by atoms with E-state index < -0.39 is 22.0 Å². The van der Waals surface area contributed by atoms with Crippen molar-refractivity contribution in [3.8, 4) is 5.75 Å². The van der Waals surface area contributed by atoms with Crippen molar-refractivity contribution in [2.75, 3.05) is 21.9 Å². The van der Waals surface area contributed by atoms with Crippen molar-refractivity contribution in [2.45, 2.75) is 30.0 Å². The summed E-state index contributed by atoms with van der Waals surface area (Å²) in [5, 5.41) is 11.2. The number of carbonyl (C=O) groups is 1. The average Bonchev–Trinajstić information content (AvgIpc) is 3.24. The van der Waals surface area contributed by atoms with Crippen LogP contribution in [-0.4, -0.2) is 42.9 Å². The van der Waals surface area contributed by atoms with Gasteiger partial charge >= 0.3 is 0 Å². The Kier molecular flexibility index (Phi) is 7.20. The first-order valence-corrected chi connectivity index (χ1v) is 13.8. The van der Waals surface area contributed by atoms with Crippen molar-refractivity contribution in [2.24, 2.45) is 5.92 Å². The molecule has 8 nitrogen and oxygen atoms in total. The van der Waals surface area contributed by atoms with Gasteiger partial charge in [0.2, 0.25) is 15.2 Å². The van der Waals surface area contributed by atoms with Crippen molar-refractivity contribution in [3.63, 3.8) is 0 Å². The SMILES string of the molecule is CC(C)CSc1nnc(NC(=O)C2CN(S(=O)(=O)Cc3ccccc3)c3ccccc3O2)s1. The number of nitrogens with one attached hydrogen (secondary N) is 1. The van der Waals surface area contributed by atoms with E-state index in [1.807, 2.05) is 6.07 Å². The number of fused-ring (bicyclic) bond motifs is 1. The number of benzene rings is 2. The van der Waals surface area contributed by atoms with Crippen LogP contribution < -0.4 is 14.4 Å². The van der Waals surface area contributed by atoms with Gasteiger partial charge in [0.05, 0.1) is 18.0 Å². The normalized spacial score (nSPS) is 15.7. The maximum Gasteiger partial charge on any atom is 0.269 e. The van der Waals surface area contributed by atoms with E-state index in [0.717, 1.165) is 10.1 Å². The standard InChI is InChI=1S/C22H24N4O4S3/c1-15(2)13-31-22-25-24-21(32-22)23-20(27)19-12-26(17-10-6-7-11-18(17)30-19)33(28,29)14-16-8-4-3-5-9-16/h3-11,15,19H,12-14H2,1-2H3,(H,23,24,27). The van der Waals surface area contributed by atoms with E-state index in [-0.39, 0.29) is 12.3 Å². The fourth-order valence-corrected chi connectivity index (χ4v) is 6.52. The quantitative estimate of drug-likeness (QED) is 0.365. The molecule has 0 spiro atoms. The van der Waals surface area contributed by atoms with E-state index in [9.17, 15) is 13.2 Å². The van der Waals surface area contributed by atoms with Crippen LogP contribution in [0.2, 0.25) is 0 Å². The van der Waals surface area contributed by atoms with Crippen LogP contribution in [0.25, 0.3) is 0 Å². The number of aromatic nitrogens is 2. The van der Waals surface area contributed by atoms with Crippen molar-refractivity contribution < 1.29 is 17.9 Å². The van der Waals surface area contributed by atoms with Crippen LogP contribution in [-0.2, 0) is 20.6 Å². The third kappa shape index (κ3) is 5.84. The Hall–Kier alpha value is -2.63. The highest BCUT2D eigenvalue weighted by Gasteiger charge is 2.37. The van der Waals surface area contributed by atoms with Gasteiger partial charge in [0.15, 0.2) is 10.4 Å². The molecule has 1 atom stereocenters. The van der Waals surface area contributed by atoms with Crippen LogP contribution in [0.4, 0.5) is 10.8 Å². The summed E-state index contributed by atoms with van der Waals surface area (Å²) in [5.41, 5.74) is 1.09. The van der Waals surface area contributed by atoms with Gasteiger partial charge in [-0.25, -0.2) is 8.42 Å². The van der Waals surface area contributed by atoms with Gasteiger partial charge in [0.25, 0.3) is 5.91 Å². The summed E-state index contributed by atoms with van der Waals surface area (Å²) in [5.74, 6) is 1.10. The summed E-state index contributed by atoms with van der Waals surface area (Å²) >= 11 is 2.86. The maximum absolute atomic E-state index is 13.3. The molecule has 0 saturated heterocycles. The molecule has 1 aliphatic heterocycles. The lowest BCUT2D eigenvalue weighted by Crippen LogP contribution is -2.49. The minimum Gasteiger partial charge on any atom is -0.476 e. The average molecular weight is 505 g/mol. The predicted molar refractivity (Wildman–Crippen MR) is 131 cm³/mol. The van der Waals surface area contributed by atoms with E-state index in [2.05, 4.69) is 29.4 Å². The van der Waals surface area contributed by atoms with Gasteiger partial charge in [-0.15, -0.1) is 10.2 Å². The number of rotatable bonds is 8. The first kappa shape index (κ1) is 23.5. The third-order valence-corrected chi connectivity index (χ3v) is 8.85. The lowest BCUT2D eigenvalue weighted by Gasteiger charge is -2.34. The Morgan fingerprint density at radius 3 is 2.67 bits per heavy atom. The third-order valence-electron chi connectivity index (χ3n) is 4.73. The van der Waals surface area contributed by atoms with Gasteiger partial charge in [-0.2, -0.15) is 0 Å². The molecule has 0 bridgehead atoms. The van der Waals surface area contributed by atoms with Crippen LogP contribution in [0.5, 0.6) is 5.75 Å². The number of nitrogens with zero attached hydrogens (tertiary/aromatic N) is 3. The molecule has 1 unspecified atom stereocenters. The second-order valence-corrected chi connectivity index (χ2v) is 12.1. The van der Waals surface area contributed by atoms with Crippen molar-refractivity contribution >= 4 is 49.8 Å².